The predicted octanol–water partition coefficient (Wildman–Crippen LogP) is 2.35. The first-order valence-electron chi connectivity index (χ1n) is 9.10. The number of likely N-dealkylation sites (tertiary alicyclic amines) is 1. The molecule has 7 heteroatoms. The summed E-state index contributed by atoms with van der Waals surface area (Å²) >= 11 is 0. The molecule has 3 rings (SSSR count). The lowest BCUT2D eigenvalue weighted by Crippen LogP contribution is -2.46. The Balaban J connectivity index is 1.55. The van der Waals surface area contributed by atoms with Gasteiger partial charge in [0.1, 0.15) is 11.5 Å². The summed E-state index contributed by atoms with van der Waals surface area (Å²) in [4.78, 5) is 37.8. The van der Waals surface area contributed by atoms with Gasteiger partial charge in [0.2, 0.25) is 0 Å². The molecule has 0 aromatic heterocycles. The van der Waals surface area contributed by atoms with Gasteiger partial charge in [0.25, 0.3) is 11.8 Å². The summed E-state index contributed by atoms with van der Waals surface area (Å²) in [6.45, 7) is 2.34. The second-order valence-corrected chi connectivity index (χ2v) is 6.71. The second-order valence-electron chi connectivity index (χ2n) is 6.71. The number of aromatic hydroxyl groups is 1. The number of carbonyl (C=O) groups excluding carboxylic acids is 3. The molecule has 28 heavy (non-hydrogen) atoms. The Labute approximate surface area is 162 Å². The lowest BCUT2D eigenvalue weighted by Gasteiger charge is -2.32. The maximum atomic E-state index is 12.7. The highest BCUT2D eigenvalue weighted by Gasteiger charge is 2.25. The smallest absolute Gasteiger partial charge is 0.308 e. The molecule has 0 radical (unpaired) electrons. The van der Waals surface area contributed by atoms with E-state index < -0.39 is 5.97 Å². The van der Waals surface area contributed by atoms with Gasteiger partial charge in [-0.1, -0.05) is 12.1 Å². The highest BCUT2D eigenvalue weighted by Crippen LogP contribution is 2.19. The number of hydrogen-bond acceptors (Lipinski definition) is 5. The number of nitrogens with zero attached hydrogens (tertiary/aromatic N) is 1. The molecule has 0 bridgehead atoms. The van der Waals surface area contributed by atoms with Crippen LogP contribution in [-0.2, 0) is 4.79 Å². The molecule has 1 fully saturated rings. The van der Waals surface area contributed by atoms with Crippen molar-refractivity contribution in [3.63, 3.8) is 0 Å². The molecule has 2 amide bonds. The molecule has 1 saturated heterocycles. The highest BCUT2D eigenvalue weighted by molar-refractivity contribution is 5.95. The van der Waals surface area contributed by atoms with Crippen LogP contribution in [0.4, 0.5) is 0 Å². The van der Waals surface area contributed by atoms with Gasteiger partial charge in [-0.3, -0.25) is 14.4 Å². The van der Waals surface area contributed by atoms with Crippen molar-refractivity contribution in [2.24, 2.45) is 0 Å². The molecule has 1 aliphatic rings. The molecule has 7 nitrogen and oxygen atoms in total. The van der Waals surface area contributed by atoms with Gasteiger partial charge < -0.3 is 20.1 Å². The van der Waals surface area contributed by atoms with Gasteiger partial charge in [-0.2, -0.15) is 0 Å². The van der Waals surface area contributed by atoms with Crippen molar-refractivity contribution in [3.8, 4) is 11.5 Å². The maximum absolute atomic E-state index is 12.7. The van der Waals surface area contributed by atoms with Gasteiger partial charge in [0.05, 0.1) is 0 Å². The number of phenols is 1. The van der Waals surface area contributed by atoms with Gasteiger partial charge in [0, 0.05) is 37.2 Å². The van der Waals surface area contributed by atoms with Gasteiger partial charge in [-0.25, -0.2) is 0 Å². The Morgan fingerprint density at radius 1 is 1.04 bits per heavy atom. The van der Waals surface area contributed by atoms with E-state index >= 15 is 0 Å². The summed E-state index contributed by atoms with van der Waals surface area (Å²) in [6.07, 6.45) is 1.28. The molecule has 146 valence electrons. The molecule has 2 N–H and O–H groups in total. The number of amides is 2. The zero-order valence-electron chi connectivity index (χ0n) is 15.6. The van der Waals surface area contributed by atoms with Crippen molar-refractivity contribution in [2.75, 3.05) is 13.1 Å². The number of nitrogens with one attached hydrogen (secondary N) is 1. The maximum Gasteiger partial charge on any atom is 0.308 e. The van der Waals surface area contributed by atoms with Crippen LogP contribution < -0.4 is 10.1 Å². The topological polar surface area (TPSA) is 95.9 Å². The van der Waals surface area contributed by atoms with Gasteiger partial charge >= 0.3 is 5.97 Å². The van der Waals surface area contributed by atoms with E-state index in [1.165, 1.54) is 19.1 Å². The summed E-state index contributed by atoms with van der Waals surface area (Å²) in [5, 5.41) is 12.4. The molecular weight excluding hydrogens is 360 g/mol. The SMILES string of the molecule is CC(=O)Oc1cccc(C(=O)N2CCC(NC(=O)c3cccc(O)c3)CC2)c1. The monoisotopic (exact) mass is 382 g/mol. The van der Waals surface area contributed by atoms with Crippen LogP contribution in [0.2, 0.25) is 0 Å². The Hall–Kier alpha value is -3.35. The summed E-state index contributed by atoms with van der Waals surface area (Å²) in [5.74, 6) is -0.426. The number of carbonyl (C=O) groups is 3. The minimum Gasteiger partial charge on any atom is -0.508 e. The number of piperidine rings is 1. The van der Waals surface area contributed by atoms with E-state index in [1.54, 1.807) is 41.3 Å². The quantitative estimate of drug-likeness (QED) is 0.625. The van der Waals surface area contributed by atoms with Crippen molar-refractivity contribution in [3.05, 3.63) is 59.7 Å². The van der Waals surface area contributed by atoms with Crippen LogP contribution in [0.3, 0.4) is 0 Å². The van der Waals surface area contributed by atoms with Crippen LogP contribution in [0.25, 0.3) is 0 Å². The number of esters is 1. The van der Waals surface area contributed by atoms with Gasteiger partial charge in [0.15, 0.2) is 0 Å². The molecule has 0 aliphatic carbocycles. The molecule has 2 aromatic rings. The lowest BCUT2D eigenvalue weighted by atomic mass is 10.0. The summed E-state index contributed by atoms with van der Waals surface area (Å²) in [7, 11) is 0. The normalized spacial score (nSPS) is 14.4. The Kier molecular flexibility index (Phi) is 5.93. The van der Waals surface area contributed by atoms with Crippen LogP contribution in [0.5, 0.6) is 11.5 Å². The standard InChI is InChI=1S/C21H22N2O5/c1-14(24)28-19-7-3-5-16(13-19)21(27)23-10-8-17(9-11-23)22-20(26)15-4-2-6-18(25)12-15/h2-7,12-13,17,25H,8-11H2,1H3,(H,22,26). The van der Waals surface area contributed by atoms with Crippen molar-refractivity contribution >= 4 is 17.8 Å². The van der Waals surface area contributed by atoms with Gasteiger partial charge in [-0.15, -0.1) is 0 Å². The fourth-order valence-corrected chi connectivity index (χ4v) is 3.18. The first kappa shape index (κ1) is 19.4. The van der Waals surface area contributed by atoms with E-state index in [2.05, 4.69) is 5.32 Å². The zero-order chi connectivity index (χ0) is 20.1. The van der Waals surface area contributed by atoms with E-state index in [9.17, 15) is 19.5 Å². The third-order valence-corrected chi connectivity index (χ3v) is 4.57. The first-order valence-corrected chi connectivity index (χ1v) is 9.10. The summed E-state index contributed by atoms with van der Waals surface area (Å²) in [5.41, 5.74) is 0.863. The van der Waals surface area contributed by atoms with Crippen LogP contribution in [0, 0.1) is 0 Å². The van der Waals surface area contributed by atoms with E-state index in [0.717, 1.165) is 0 Å². The predicted molar refractivity (Wildman–Crippen MR) is 102 cm³/mol. The largest absolute Gasteiger partial charge is 0.508 e. The Bertz CT molecular complexity index is 888. The minimum absolute atomic E-state index is 0.0359. The Morgan fingerprint density at radius 3 is 2.39 bits per heavy atom. The average molecular weight is 382 g/mol. The van der Waals surface area contributed by atoms with Crippen LogP contribution in [0.15, 0.2) is 48.5 Å². The van der Waals surface area contributed by atoms with E-state index in [1.807, 2.05) is 0 Å². The molecular formula is C21H22N2O5. The fourth-order valence-electron chi connectivity index (χ4n) is 3.18. The number of rotatable bonds is 4. The number of phenolic OH excluding ortho intramolecular Hbond substituents is 1. The van der Waals surface area contributed by atoms with Crippen LogP contribution in [0.1, 0.15) is 40.5 Å². The van der Waals surface area contributed by atoms with Gasteiger partial charge in [-0.05, 0) is 49.2 Å². The van der Waals surface area contributed by atoms with Crippen molar-refractivity contribution in [2.45, 2.75) is 25.8 Å². The number of benzene rings is 2. The third-order valence-electron chi connectivity index (χ3n) is 4.57. The summed E-state index contributed by atoms with van der Waals surface area (Å²) < 4.78 is 5.03. The van der Waals surface area contributed by atoms with E-state index in [-0.39, 0.29) is 23.6 Å². The average Bonchev–Trinajstić information content (AvgIpc) is 2.68. The molecule has 2 aromatic carbocycles. The zero-order valence-corrected chi connectivity index (χ0v) is 15.6. The van der Waals surface area contributed by atoms with Crippen molar-refractivity contribution in [1.29, 1.82) is 0 Å². The minimum atomic E-state index is -0.437. The van der Waals surface area contributed by atoms with Crippen LogP contribution >= 0.6 is 0 Å². The number of hydrogen-bond donors (Lipinski definition) is 2. The van der Waals surface area contributed by atoms with Crippen molar-refractivity contribution in [1.82, 2.24) is 10.2 Å². The Morgan fingerprint density at radius 2 is 1.71 bits per heavy atom. The molecule has 0 atom stereocenters. The molecule has 1 aliphatic heterocycles. The molecule has 1 heterocycles. The first-order chi connectivity index (χ1) is 13.4. The van der Waals surface area contributed by atoms with E-state index in [0.29, 0.717) is 42.8 Å². The molecule has 0 spiro atoms. The highest BCUT2D eigenvalue weighted by atomic mass is 16.5. The molecule has 0 saturated carbocycles. The van der Waals surface area contributed by atoms with Crippen molar-refractivity contribution < 1.29 is 24.2 Å². The van der Waals surface area contributed by atoms with E-state index in [4.69, 9.17) is 4.74 Å². The van der Waals surface area contributed by atoms with Crippen LogP contribution in [-0.4, -0.2) is 46.9 Å². The third kappa shape index (κ3) is 4.88. The number of ether oxygens (including phenoxy) is 1. The lowest BCUT2D eigenvalue weighted by molar-refractivity contribution is -0.131. The second kappa shape index (κ2) is 8.56. The molecule has 0 unspecified atom stereocenters. The fraction of sp³-hybridized carbons (Fsp3) is 0.286. The summed E-state index contributed by atoms with van der Waals surface area (Å²) in [6, 6.07) is 12.7.